The van der Waals surface area contributed by atoms with Crippen LogP contribution in [0.1, 0.15) is 52.9 Å². The quantitative estimate of drug-likeness (QED) is 0.705. The zero-order valence-electron chi connectivity index (χ0n) is 11.5. The van der Waals surface area contributed by atoms with Gasteiger partial charge in [0.05, 0.1) is 5.41 Å². The molecule has 3 atom stereocenters. The van der Waals surface area contributed by atoms with Crippen molar-refractivity contribution in [3.63, 3.8) is 0 Å². The van der Waals surface area contributed by atoms with Crippen molar-refractivity contribution < 1.29 is 14.7 Å². The molecule has 1 rings (SSSR count). The summed E-state index contributed by atoms with van der Waals surface area (Å²) in [5.74, 6) is -0.827. The molecular formula is C13H24N2O3. The summed E-state index contributed by atoms with van der Waals surface area (Å²) in [5.41, 5.74) is -0.828. The Balaban J connectivity index is 2.51. The Kier molecular flexibility index (Phi) is 4.99. The highest BCUT2D eigenvalue weighted by molar-refractivity contribution is 5.79. The molecule has 3 N–H and O–H groups in total. The molecule has 1 aliphatic rings. The first-order valence-corrected chi connectivity index (χ1v) is 6.70. The molecule has 0 saturated heterocycles. The summed E-state index contributed by atoms with van der Waals surface area (Å²) in [6.45, 7) is 5.73. The zero-order chi connectivity index (χ0) is 13.8. The highest BCUT2D eigenvalue weighted by Gasteiger charge is 2.45. The van der Waals surface area contributed by atoms with Gasteiger partial charge in [-0.25, -0.2) is 4.79 Å². The van der Waals surface area contributed by atoms with E-state index in [1.807, 2.05) is 6.92 Å². The van der Waals surface area contributed by atoms with Gasteiger partial charge in [-0.1, -0.05) is 19.8 Å². The molecule has 18 heavy (non-hydrogen) atoms. The van der Waals surface area contributed by atoms with Gasteiger partial charge in [-0.3, -0.25) is 4.79 Å². The lowest BCUT2D eigenvalue weighted by Crippen LogP contribution is -2.51. The number of carbonyl (C=O) groups excluding carboxylic acids is 1. The number of hydrogen-bond acceptors (Lipinski definition) is 2. The third kappa shape index (κ3) is 3.37. The fraction of sp³-hybridized carbons (Fsp3) is 0.846. The predicted molar refractivity (Wildman–Crippen MR) is 69.4 cm³/mol. The summed E-state index contributed by atoms with van der Waals surface area (Å²) in [7, 11) is 0. The van der Waals surface area contributed by atoms with Crippen LogP contribution < -0.4 is 10.6 Å². The average molecular weight is 256 g/mol. The summed E-state index contributed by atoms with van der Waals surface area (Å²) < 4.78 is 0. The van der Waals surface area contributed by atoms with Crippen molar-refractivity contribution in [3.05, 3.63) is 0 Å². The third-order valence-electron chi connectivity index (χ3n) is 3.85. The van der Waals surface area contributed by atoms with Crippen LogP contribution in [0.3, 0.4) is 0 Å². The van der Waals surface area contributed by atoms with Gasteiger partial charge in [0, 0.05) is 12.1 Å². The number of hydrogen-bond donors (Lipinski definition) is 3. The van der Waals surface area contributed by atoms with Crippen molar-refractivity contribution in [1.29, 1.82) is 0 Å². The monoisotopic (exact) mass is 256 g/mol. The molecule has 5 heteroatoms. The number of carboxylic acids is 1. The summed E-state index contributed by atoms with van der Waals surface area (Å²) in [6.07, 6.45) is 4.14. The first-order valence-electron chi connectivity index (χ1n) is 6.70. The van der Waals surface area contributed by atoms with E-state index in [0.717, 1.165) is 25.7 Å². The van der Waals surface area contributed by atoms with Crippen LogP contribution in [0.25, 0.3) is 0 Å². The van der Waals surface area contributed by atoms with Crippen molar-refractivity contribution >= 4 is 12.0 Å². The van der Waals surface area contributed by atoms with E-state index in [0.29, 0.717) is 6.42 Å². The lowest BCUT2D eigenvalue weighted by Gasteiger charge is -2.28. The van der Waals surface area contributed by atoms with E-state index in [4.69, 9.17) is 0 Å². The van der Waals surface area contributed by atoms with Gasteiger partial charge in [-0.2, -0.15) is 0 Å². The molecule has 1 aliphatic carbocycles. The van der Waals surface area contributed by atoms with E-state index in [1.165, 1.54) is 0 Å². The van der Waals surface area contributed by atoms with Crippen LogP contribution >= 0.6 is 0 Å². The van der Waals surface area contributed by atoms with Crippen molar-refractivity contribution in [2.24, 2.45) is 5.41 Å². The Morgan fingerprint density at radius 2 is 2.17 bits per heavy atom. The highest BCUT2D eigenvalue weighted by Crippen LogP contribution is 2.38. The maximum Gasteiger partial charge on any atom is 0.315 e. The molecule has 5 nitrogen and oxygen atoms in total. The Morgan fingerprint density at radius 3 is 2.72 bits per heavy atom. The Morgan fingerprint density at radius 1 is 1.50 bits per heavy atom. The molecule has 1 fully saturated rings. The molecule has 3 unspecified atom stereocenters. The van der Waals surface area contributed by atoms with Crippen LogP contribution in [-0.2, 0) is 4.79 Å². The van der Waals surface area contributed by atoms with Gasteiger partial charge in [-0.05, 0) is 33.1 Å². The maximum atomic E-state index is 11.8. The van der Waals surface area contributed by atoms with E-state index in [1.54, 1.807) is 6.92 Å². The van der Waals surface area contributed by atoms with Crippen molar-refractivity contribution in [2.45, 2.75) is 65.0 Å². The second-order valence-corrected chi connectivity index (χ2v) is 5.47. The number of carboxylic acid groups (broad SMARTS) is 1. The molecule has 0 aliphatic heterocycles. The number of carbonyl (C=O) groups is 2. The zero-order valence-corrected chi connectivity index (χ0v) is 11.5. The SMILES string of the molecule is CCCC(C)NC(=O)NC1CCCC1(C)C(=O)O. The van der Waals surface area contributed by atoms with E-state index in [2.05, 4.69) is 17.6 Å². The van der Waals surface area contributed by atoms with Crippen LogP contribution in [0.2, 0.25) is 0 Å². The lowest BCUT2D eigenvalue weighted by atomic mass is 9.85. The van der Waals surface area contributed by atoms with Crippen LogP contribution in [0, 0.1) is 5.41 Å². The minimum atomic E-state index is -0.828. The summed E-state index contributed by atoms with van der Waals surface area (Å²) >= 11 is 0. The Hall–Kier alpha value is -1.26. The molecule has 104 valence electrons. The minimum Gasteiger partial charge on any atom is -0.481 e. The van der Waals surface area contributed by atoms with E-state index in [-0.39, 0.29) is 18.1 Å². The summed E-state index contributed by atoms with van der Waals surface area (Å²) in [4.78, 5) is 23.0. The predicted octanol–water partition coefficient (Wildman–Crippen LogP) is 2.12. The van der Waals surface area contributed by atoms with Gasteiger partial charge in [0.1, 0.15) is 0 Å². The molecule has 0 aromatic carbocycles. The standard InChI is InChI=1S/C13H24N2O3/c1-4-6-9(2)14-12(18)15-10-7-5-8-13(10,3)11(16)17/h9-10H,4-8H2,1-3H3,(H,16,17)(H2,14,15,18). The van der Waals surface area contributed by atoms with Gasteiger partial charge in [0.15, 0.2) is 0 Å². The molecule has 0 aromatic heterocycles. The average Bonchev–Trinajstić information content (AvgIpc) is 2.61. The van der Waals surface area contributed by atoms with Crippen LogP contribution in [-0.4, -0.2) is 29.2 Å². The Labute approximate surface area is 108 Å². The summed E-state index contributed by atoms with van der Waals surface area (Å²) in [5, 5.41) is 14.9. The molecule has 2 amide bonds. The number of aliphatic carboxylic acids is 1. The number of amides is 2. The number of nitrogens with one attached hydrogen (secondary N) is 2. The highest BCUT2D eigenvalue weighted by atomic mass is 16.4. The first kappa shape index (κ1) is 14.8. The largest absolute Gasteiger partial charge is 0.481 e. The van der Waals surface area contributed by atoms with Crippen LogP contribution in [0.5, 0.6) is 0 Å². The van der Waals surface area contributed by atoms with Gasteiger partial charge in [-0.15, -0.1) is 0 Å². The lowest BCUT2D eigenvalue weighted by molar-refractivity contribution is -0.148. The van der Waals surface area contributed by atoms with Gasteiger partial charge in [0.2, 0.25) is 0 Å². The minimum absolute atomic E-state index is 0.118. The third-order valence-corrected chi connectivity index (χ3v) is 3.85. The second kappa shape index (κ2) is 6.07. The topological polar surface area (TPSA) is 78.4 Å². The molecule has 0 radical (unpaired) electrons. The molecule has 0 bridgehead atoms. The molecule has 0 heterocycles. The van der Waals surface area contributed by atoms with Crippen LogP contribution in [0.15, 0.2) is 0 Å². The van der Waals surface area contributed by atoms with Crippen molar-refractivity contribution in [2.75, 3.05) is 0 Å². The molecule has 0 aromatic rings. The summed E-state index contributed by atoms with van der Waals surface area (Å²) in [6, 6.07) is -0.411. The fourth-order valence-corrected chi connectivity index (χ4v) is 2.58. The fourth-order valence-electron chi connectivity index (χ4n) is 2.58. The molecule has 0 spiro atoms. The van der Waals surface area contributed by atoms with E-state index < -0.39 is 11.4 Å². The number of rotatable bonds is 5. The van der Waals surface area contributed by atoms with Crippen molar-refractivity contribution in [3.8, 4) is 0 Å². The van der Waals surface area contributed by atoms with E-state index in [9.17, 15) is 14.7 Å². The second-order valence-electron chi connectivity index (χ2n) is 5.47. The van der Waals surface area contributed by atoms with Gasteiger partial charge >= 0.3 is 12.0 Å². The van der Waals surface area contributed by atoms with Gasteiger partial charge < -0.3 is 15.7 Å². The van der Waals surface area contributed by atoms with Crippen LogP contribution in [0.4, 0.5) is 4.79 Å². The van der Waals surface area contributed by atoms with Crippen molar-refractivity contribution in [1.82, 2.24) is 10.6 Å². The number of urea groups is 1. The first-order chi connectivity index (χ1) is 8.40. The maximum absolute atomic E-state index is 11.8. The van der Waals surface area contributed by atoms with Gasteiger partial charge in [0.25, 0.3) is 0 Å². The van der Waals surface area contributed by atoms with E-state index >= 15 is 0 Å². The Bertz CT molecular complexity index is 319. The normalized spacial score (nSPS) is 28.7. The molecule has 1 saturated carbocycles. The smallest absolute Gasteiger partial charge is 0.315 e. The molecular weight excluding hydrogens is 232 g/mol.